The van der Waals surface area contributed by atoms with Gasteiger partial charge in [0.25, 0.3) is 0 Å². The zero-order chi connectivity index (χ0) is 28.7. The van der Waals surface area contributed by atoms with E-state index in [4.69, 9.17) is 23.4 Å². The quantitative estimate of drug-likeness (QED) is 0.213. The first-order valence-corrected chi connectivity index (χ1v) is 13.3. The molecule has 4 rings (SSSR count). The number of rotatable bonds is 13. The lowest BCUT2D eigenvalue weighted by atomic mass is 9.84. The molecule has 0 amide bonds. The average molecular weight is 546 g/mol. The number of hydrogen-bond donors (Lipinski definition) is 1. The minimum Gasteiger partial charge on any atom is -0.497 e. The smallest absolute Gasteiger partial charge is 0.173 e. The first-order chi connectivity index (χ1) is 19.3. The van der Waals surface area contributed by atoms with Gasteiger partial charge in [-0.1, -0.05) is 44.2 Å². The van der Waals surface area contributed by atoms with Crippen molar-refractivity contribution in [2.24, 2.45) is 5.92 Å². The molecule has 3 aromatic carbocycles. The maximum atomic E-state index is 12.3. The second-order valence-corrected chi connectivity index (χ2v) is 10.2. The molecular weight excluding hydrogens is 506 g/mol. The molecule has 40 heavy (non-hydrogen) atoms. The zero-order valence-electron chi connectivity index (χ0n) is 24.1. The van der Waals surface area contributed by atoms with Crippen LogP contribution in [0, 0.1) is 5.92 Å². The third-order valence-corrected chi connectivity index (χ3v) is 6.89. The summed E-state index contributed by atoms with van der Waals surface area (Å²) in [6.45, 7) is 6.54. The first-order valence-electron chi connectivity index (χ1n) is 13.3. The van der Waals surface area contributed by atoms with E-state index < -0.39 is 5.60 Å². The van der Waals surface area contributed by atoms with Gasteiger partial charge in [-0.3, -0.25) is 4.90 Å². The number of hydrogen-bond acceptors (Lipinski definition) is 7. The van der Waals surface area contributed by atoms with E-state index >= 15 is 0 Å². The van der Waals surface area contributed by atoms with E-state index in [1.165, 1.54) is 0 Å². The predicted octanol–water partition coefficient (Wildman–Crippen LogP) is 6.26. The molecule has 0 radical (unpaired) electrons. The van der Waals surface area contributed by atoms with Gasteiger partial charge in [-0.05, 0) is 71.1 Å². The topological polar surface area (TPSA) is 73.5 Å². The summed E-state index contributed by atoms with van der Waals surface area (Å²) in [5, 5.41) is 12.3. The molecule has 0 unspecified atom stereocenters. The summed E-state index contributed by atoms with van der Waals surface area (Å²) in [4.78, 5) is 2.33. The fourth-order valence-corrected chi connectivity index (χ4v) is 4.93. The molecule has 0 aliphatic heterocycles. The van der Waals surface area contributed by atoms with E-state index in [2.05, 4.69) is 18.7 Å². The highest BCUT2D eigenvalue weighted by Crippen LogP contribution is 2.39. The number of furan rings is 1. The molecule has 1 N–H and O–H groups in total. The van der Waals surface area contributed by atoms with Crippen LogP contribution in [0.1, 0.15) is 42.1 Å². The summed E-state index contributed by atoms with van der Waals surface area (Å²) >= 11 is 0. The number of aliphatic hydroxyl groups is 1. The van der Waals surface area contributed by atoms with Gasteiger partial charge in [0, 0.05) is 13.1 Å². The molecule has 0 aliphatic carbocycles. The Bertz CT molecular complexity index is 1310. The largest absolute Gasteiger partial charge is 0.497 e. The monoisotopic (exact) mass is 545 g/mol. The van der Waals surface area contributed by atoms with Gasteiger partial charge in [-0.15, -0.1) is 0 Å². The highest BCUT2D eigenvalue weighted by molar-refractivity contribution is 5.47. The SMILES string of the molecule is COc1ccc(C(O)(c2ccc(OC)cc2)c2ccc(CN(Cc3ccc(OC)c(OC)c3)CC(C)C)o2)cc1. The van der Waals surface area contributed by atoms with Crippen LogP contribution in [0.5, 0.6) is 23.0 Å². The Hall–Kier alpha value is -3.94. The fourth-order valence-electron chi connectivity index (χ4n) is 4.93. The van der Waals surface area contributed by atoms with Crippen LogP contribution in [0.25, 0.3) is 0 Å². The van der Waals surface area contributed by atoms with Crippen molar-refractivity contribution in [1.29, 1.82) is 0 Å². The minimum absolute atomic E-state index is 0.438. The Morgan fingerprint density at radius 1 is 0.700 bits per heavy atom. The van der Waals surface area contributed by atoms with Crippen LogP contribution >= 0.6 is 0 Å². The van der Waals surface area contributed by atoms with E-state index in [0.29, 0.717) is 58.9 Å². The van der Waals surface area contributed by atoms with Gasteiger partial charge >= 0.3 is 0 Å². The van der Waals surface area contributed by atoms with E-state index in [-0.39, 0.29) is 0 Å². The Morgan fingerprint density at radius 3 is 1.77 bits per heavy atom. The summed E-state index contributed by atoms with van der Waals surface area (Å²) in [5.41, 5.74) is 0.939. The van der Waals surface area contributed by atoms with E-state index in [9.17, 15) is 5.11 Å². The molecular formula is C33H39NO6. The Morgan fingerprint density at radius 2 is 1.27 bits per heavy atom. The number of benzene rings is 3. The zero-order valence-corrected chi connectivity index (χ0v) is 24.1. The molecule has 7 heteroatoms. The Labute approximate surface area is 236 Å². The molecule has 1 aromatic heterocycles. The summed E-state index contributed by atoms with van der Waals surface area (Å²) in [7, 11) is 6.52. The molecule has 0 saturated carbocycles. The molecule has 0 atom stereocenters. The van der Waals surface area contributed by atoms with Crippen LogP contribution in [-0.2, 0) is 18.7 Å². The van der Waals surface area contributed by atoms with E-state index in [0.717, 1.165) is 17.9 Å². The summed E-state index contributed by atoms with van der Waals surface area (Å²) < 4.78 is 28.0. The van der Waals surface area contributed by atoms with Gasteiger partial charge in [-0.2, -0.15) is 0 Å². The summed E-state index contributed by atoms with van der Waals surface area (Å²) in [6.07, 6.45) is 0. The minimum atomic E-state index is -1.51. The summed E-state index contributed by atoms with van der Waals surface area (Å²) in [6, 6.07) is 24.5. The Balaban J connectivity index is 1.66. The van der Waals surface area contributed by atoms with Crippen LogP contribution in [0.15, 0.2) is 83.3 Å². The van der Waals surface area contributed by atoms with Crippen LogP contribution in [0.3, 0.4) is 0 Å². The Kier molecular flexibility index (Phi) is 9.40. The van der Waals surface area contributed by atoms with Gasteiger partial charge in [0.2, 0.25) is 0 Å². The highest BCUT2D eigenvalue weighted by atomic mass is 16.5. The van der Waals surface area contributed by atoms with Crippen molar-refractivity contribution in [3.8, 4) is 23.0 Å². The van der Waals surface area contributed by atoms with E-state index in [1.807, 2.05) is 78.9 Å². The van der Waals surface area contributed by atoms with Crippen LogP contribution in [0.2, 0.25) is 0 Å². The lowest BCUT2D eigenvalue weighted by Crippen LogP contribution is -2.28. The first kappa shape index (κ1) is 29.1. The summed E-state index contributed by atoms with van der Waals surface area (Å²) in [5.74, 6) is 4.47. The van der Waals surface area contributed by atoms with Crippen molar-refractivity contribution in [1.82, 2.24) is 4.90 Å². The maximum absolute atomic E-state index is 12.3. The molecule has 0 saturated heterocycles. The molecule has 0 spiro atoms. The molecule has 0 aliphatic rings. The van der Waals surface area contributed by atoms with Crippen LogP contribution < -0.4 is 18.9 Å². The fraction of sp³-hybridized carbons (Fsp3) is 0.333. The van der Waals surface area contributed by atoms with Crippen molar-refractivity contribution in [3.05, 3.63) is 107 Å². The van der Waals surface area contributed by atoms with Crippen molar-refractivity contribution < 1.29 is 28.5 Å². The highest BCUT2D eigenvalue weighted by Gasteiger charge is 2.37. The predicted molar refractivity (Wildman–Crippen MR) is 155 cm³/mol. The third kappa shape index (κ3) is 6.43. The second kappa shape index (κ2) is 12.9. The van der Waals surface area contributed by atoms with E-state index in [1.54, 1.807) is 28.4 Å². The van der Waals surface area contributed by atoms with Gasteiger partial charge in [0.1, 0.15) is 23.0 Å². The lowest BCUT2D eigenvalue weighted by Gasteiger charge is -2.28. The third-order valence-electron chi connectivity index (χ3n) is 6.89. The van der Waals surface area contributed by atoms with Gasteiger partial charge in [0.15, 0.2) is 17.1 Å². The van der Waals surface area contributed by atoms with Crippen molar-refractivity contribution in [2.45, 2.75) is 32.5 Å². The van der Waals surface area contributed by atoms with Crippen LogP contribution in [-0.4, -0.2) is 45.0 Å². The maximum Gasteiger partial charge on any atom is 0.173 e. The van der Waals surface area contributed by atoms with Gasteiger partial charge in [-0.25, -0.2) is 0 Å². The lowest BCUT2D eigenvalue weighted by molar-refractivity contribution is 0.0947. The second-order valence-electron chi connectivity index (χ2n) is 10.2. The standard InChI is InChI=1S/C33H39NO6/c1-23(2)20-34(21-24-7-17-30(38-5)31(19-24)39-6)22-29-16-18-32(40-29)33(35,25-8-12-27(36-3)13-9-25)26-10-14-28(37-4)15-11-26/h7-19,23,35H,20-22H2,1-6H3. The molecule has 1 heterocycles. The van der Waals surface area contributed by atoms with Crippen molar-refractivity contribution in [2.75, 3.05) is 35.0 Å². The molecule has 0 bridgehead atoms. The van der Waals surface area contributed by atoms with Gasteiger partial charge < -0.3 is 28.5 Å². The molecule has 4 aromatic rings. The van der Waals surface area contributed by atoms with Crippen molar-refractivity contribution in [3.63, 3.8) is 0 Å². The number of ether oxygens (including phenoxy) is 4. The number of methoxy groups -OCH3 is 4. The van der Waals surface area contributed by atoms with Crippen molar-refractivity contribution >= 4 is 0 Å². The van der Waals surface area contributed by atoms with Gasteiger partial charge in [0.05, 0.1) is 35.0 Å². The number of nitrogens with zero attached hydrogens (tertiary/aromatic N) is 1. The normalized spacial score (nSPS) is 11.6. The van der Waals surface area contributed by atoms with Crippen LogP contribution in [0.4, 0.5) is 0 Å². The average Bonchev–Trinajstić information content (AvgIpc) is 3.45. The molecule has 7 nitrogen and oxygen atoms in total. The molecule has 0 fully saturated rings. The molecule has 212 valence electrons.